The third-order valence-electron chi connectivity index (χ3n) is 4.48. The van der Waals surface area contributed by atoms with E-state index in [1.807, 2.05) is 0 Å². The Morgan fingerprint density at radius 2 is 1.69 bits per heavy atom. The van der Waals surface area contributed by atoms with Crippen molar-refractivity contribution in [1.29, 1.82) is 0 Å². The Bertz CT molecular complexity index is 1220. The normalized spacial score (nSPS) is 13.0. The quantitative estimate of drug-likeness (QED) is 0.213. The van der Waals surface area contributed by atoms with Gasteiger partial charge in [-0.2, -0.15) is 13.2 Å². The molecular formula is C21H16F5NO3S2. The van der Waals surface area contributed by atoms with Crippen molar-refractivity contribution in [3.05, 3.63) is 69.4 Å². The number of aromatic nitrogens is 1. The standard InChI is InChI=1S/C21H16F5NO3S2/c1-10(2)18(28)16-19(29)15-13(22)7-8-14(23)17(15)27-20(16)32(30)9-11-3-5-12(6-4-11)31-21(24,25)26/h3-8,10H,9H2,1-2H3,(H,27,29). The van der Waals surface area contributed by atoms with Gasteiger partial charge in [0.2, 0.25) is 10.5 Å². The van der Waals surface area contributed by atoms with Crippen LogP contribution in [0.15, 0.2) is 51.1 Å². The Balaban J connectivity index is 2.06. The zero-order valence-corrected chi connectivity index (χ0v) is 18.3. The van der Waals surface area contributed by atoms with E-state index in [0.717, 1.165) is 12.1 Å². The molecule has 1 N–H and O–H groups in total. The number of carbonyl (C=O) groups is 1. The number of hydrogen-bond acceptors (Lipinski definition) is 4. The van der Waals surface area contributed by atoms with E-state index >= 15 is 0 Å². The van der Waals surface area contributed by atoms with Gasteiger partial charge in [0.05, 0.1) is 10.9 Å². The van der Waals surface area contributed by atoms with Crippen LogP contribution in [-0.2, 0) is 16.9 Å². The van der Waals surface area contributed by atoms with E-state index < -0.39 is 61.9 Å². The third-order valence-corrected chi connectivity index (χ3v) is 6.57. The summed E-state index contributed by atoms with van der Waals surface area (Å²) in [5.74, 6) is -3.66. The molecule has 2 aromatic carbocycles. The van der Waals surface area contributed by atoms with Crippen LogP contribution < -0.4 is 5.43 Å². The number of fused-ring (bicyclic) bond motifs is 1. The smallest absolute Gasteiger partial charge is 0.446 e. The van der Waals surface area contributed by atoms with Gasteiger partial charge in [0.25, 0.3) is 0 Å². The summed E-state index contributed by atoms with van der Waals surface area (Å²) in [4.78, 5) is 28.0. The van der Waals surface area contributed by atoms with Crippen LogP contribution in [0, 0.1) is 17.6 Å². The molecule has 0 aliphatic carbocycles. The fourth-order valence-electron chi connectivity index (χ4n) is 2.99. The maximum absolute atomic E-state index is 14.3. The number of aromatic amines is 1. The van der Waals surface area contributed by atoms with E-state index in [4.69, 9.17) is 0 Å². The minimum atomic E-state index is -4.46. The fraction of sp³-hybridized carbons (Fsp3) is 0.238. The van der Waals surface area contributed by atoms with Gasteiger partial charge in [-0.25, -0.2) is 8.78 Å². The lowest BCUT2D eigenvalue weighted by Gasteiger charge is -2.16. The number of benzene rings is 2. The Morgan fingerprint density at radius 1 is 1.09 bits per heavy atom. The predicted molar refractivity (Wildman–Crippen MR) is 112 cm³/mol. The number of nitrogens with one attached hydrogen (secondary N) is 1. The lowest BCUT2D eigenvalue weighted by molar-refractivity contribution is -0.0328. The summed E-state index contributed by atoms with van der Waals surface area (Å²) in [6.07, 6.45) is 0. The summed E-state index contributed by atoms with van der Waals surface area (Å²) >= 11 is -2.39. The summed E-state index contributed by atoms with van der Waals surface area (Å²) in [5, 5.41) is -1.01. The van der Waals surface area contributed by atoms with Crippen molar-refractivity contribution < 1.29 is 31.3 Å². The van der Waals surface area contributed by atoms with Gasteiger partial charge in [-0.15, -0.1) is 0 Å². The predicted octanol–water partition coefficient (Wildman–Crippen LogP) is 5.56. The Morgan fingerprint density at radius 3 is 2.25 bits per heavy atom. The number of alkyl halides is 3. The minimum absolute atomic E-state index is 0.0700. The molecule has 3 rings (SSSR count). The number of carbonyl (C=O) groups excluding carboxylic acids is 1. The highest BCUT2D eigenvalue weighted by Gasteiger charge is 2.31. The zero-order valence-electron chi connectivity index (χ0n) is 16.7. The molecule has 0 saturated carbocycles. The highest BCUT2D eigenvalue weighted by molar-refractivity contribution is 8.00. The molecule has 1 aromatic heterocycles. The first kappa shape index (κ1) is 24.3. The first-order valence-corrected chi connectivity index (χ1v) is 11.3. The van der Waals surface area contributed by atoms with E-state index in [0.29, 0.717) is 5.56 Å². The lowest BCUT2D eigenvalue weighted by atomic mass is 10.0. The second-order valence-corrected chi connectivity index (χ2v) is 9.66. The van der Waals surface area contributed by atoms with Gasteiger partial charge >= 0.3 is 5.51 Å². The van der Waals surface area contributed by atoms with Crippen molar-refractivity contribution in [1.82, 2.24) is 4.98 Å². The maximum atomic E-state index is 14.3. The number of pyridine rings is 1. The van der Waals surface area contributed by atoms with Crippen LogP contribution >= 0.6 is 11.8 Å². The van der Waals surface area contributed by atoms with Crippen molar-refractivity contribution in [2.24, 2.45) is 5.92 Å². The van der Waals surface area contributed by atoms with Crippen molar-refractivity contribution >= 4 is 39.6 Å². The van der Waals surface area contributed by atoms with Gasteiger partial charge in [0.15, 0.2) is 5.78 Å². The van der Waals surface area contributed by atoms with Crippen LogP contribution in [0.4, 0.5) is 22.0 Å². The number of thioether (sulfide) groups is 1. The summed E-state index contributed by atoms with van der Waals surface area (Å²) in [6.45, 7) is 3.00. The highest BCUT2D eigenvalue weighted by atomic mass is 32.2. The van der Waals surface area contributed by atoms with Crippen LogP contribution in [0.2, 0.25) is 0 Å². The van der Waals surface area contributed by atoms with Crippen molar-refractivity contribution in [2.45, 2.75) is 35.0 Å². The molecule has 0 spiro atoms. The number of rotatable bonds is 6. The van der Waals surface area contributed by atoms with Crippen LogP contribution in [0.5, 0.6) is 0 Å². The molecule has 32 heavy (non-hydrogen) atoms. The Kier molecular flexibility index (Phi) is 7.01. The van der Waals surface area contributed by atoms with Crippen LogP contribution in [0.1, 0.15) is 29.8 Å². The topological polar surface area (TPSA) is 73.0 Å². The molecule has 4 nitrogen and oxygen atoms in total. The Hall–Kier alpha value is -2.37. The number of ketones is 1. The van der Waals surface area contributed by atoms with Crippen molar-refractivity contribution in [2.75, 3.05) is 0 Å². The lowest BCUT2D eigenvalue weighted by Crippen LogP contribution is -2.26. The SMILES string of the molecule is CC(C)C(=O)c1c([S+]([O-])Cc2ccc(SC(F)(F)F)cc2)[nH]c2c(F)ccc(F)c2c1=O. The molecule has 0 aliphatic heterocycles. The molecule has 0 fully saturated rings. The number of H-pyrrole nitrogens is 1. The molecule has 3 aromatic rings. The van der Waals surface area contributed by atoms with Gasteiger partial charge in [0.1, 0.15) is 23.0 Å². The second kappa shape index (κ2) is 9.24. The summed E-state index contributed by atoms with van der Waals surface area (Å²) < 4.78 is 79.0. The Labute approximate surface area is 186 Å². The first-order chi connectivity index (χ1) is 14.9. The minimum Gasteiger partial charge on any atom is -0.610 e. The molecule has 0 amide bonds. The molecule has 1 atom stereocenters. The van der Waals surface area contributed by atoms with Crippen LogP contribution in [0.25, 0.3) is 10.9 Å². The van der Waals surface area contributed by atoms with Gasteiger partial charge in [-0.3, -0.25) is 9.59 Å². The van der Waals surface area contributed by atoms with E-state index in [-0.39, 0.29) is 27.4 Å². The monoisotopic (exact) mass is 489 g/mol. The van der Waals surface area contributed by atoms with E-state index in [9.17, 15) is 36.1 Å². The highest BCUT2D eigenvalue weighted by Crippen LogP contribution is 2.37. The first-order valence-electron chi connectivity index (χ1n) is 9.20. The summed E-state index contributed by atoms with van der Waals surface area (Å²) in [5.41, 5.74) is -6.22. The molecule has 0 aliphatic rings. The average Bonchev–Trinajstić information content (AvgIpc) is 2.70. The van der Waals surface area contributed by atoms with Gasteiger partial charge in [0, 0.05) is 27.6 Å². The molecule has 11 heteroatoms. The average molecular weight is 489 g/mol. The molecule has 170 valence electrons. The van der Waals surface area contributed by atoms with Gasteiger partial charge < -0.3 is 9.54 Å². The summed E-state index contributed by atoms with van der Waals surface area (Å²) in [6, 6.07) is 6.60. The maximum Gasteiger partial charge on any atom is 0.446 e. The zero-order chi connectivity index (χ0) is 23.8. The van der Waals surface area contributed by atoms with E-state index in [1.54, 1.807) is 0 Å². The largest absolute Gasteiger partial charge is 0.610 e. The number of Topliss-reactive ketones (excluding diaryl/α,β-unsaturated/α-hetero) is 1. The molecular weight excluding hydrogens is 473 g/mol. The number of hydrogen-bond donors (Lipinski definition) is 1. The molecule has 0 saturated heterocycles. The number of halogens is 5. The fourth-order valence-corrected chi connectivity index (χ4v) is 4.81. The van der Waals surface area contributed by atoms with Gasteiger partial charge in [-0.1, -0.05) is 26.0 Å². The van der Waals surface area contributed by atoms with Crippen LogP contribution in [-0.4, -0.2) is 20.8 Å². The third kappa shape index (κ3) is 5.16. The molecule has 1 unspecified atom stereocenters. The van der Waals surface area contributed by atoms with Crippen LogP contribution in [0.3, 0.4) is 0 Å². The molecule has 1 heterocycles. The second-order valence-electron chi connectivity index (χ2n) is 7.14. The van der Waals surface area contributed by atoms with Gasteiger partial charge in [-0.05, 0) is 36.0 Å². The summed E-state index contributed by atoms with van der Waals surface area (Å²) in [7, 11) is 0. The van der Waals surface area contributed by atoms with E-state index in [2.05, 4.69) is 4.98 Å². The van der Waals surface area contributed by atoms with Crippen molar-refractivity contribution in [3.63, 3.8) is 0 Å². The molecule has 0 radical (unpaired) electrons. The molecule has 0 bridgehead atoms. The van der Waals surface area contributed by atoms with Crippen molar-refractivity contribution in [3.8, 4) is 0 Å². The van der Waals surface area contributed by atoms with E-state index in [1.165, 1.54) is 38.1 Å².